The second-order valence-corrected chi connectivity index (χ2v) is 7.74. The summed E-state index contributed by atoms with van der Waals surface area (Å²) in [6.45, 7) is 0.900. The molecule has 7 heteroatoms. The van der Waals surface area contributed by atoms with Gasteiger partial charge in [0.2, 0.25) is 0 Å². The summed E-state index contributed by atoms with van der Waals surface area (Å²) in [6, 6.07) is 12.9. The zero-order valence-electron chi connectivity index (χ0n) is 16.5. The molecule has 30 heavy (non-hydrogen) atoms. The third-order valence-corrected chi connectivity index (χ3v) is 5.87. The van der Waals surface area contributed by atoms with Crippen molar-refractivity contribution in [1.82, 2.24) is 4.90 Å². The van der Waals surface area contributed by atoms with Crippen LogP contribution in [0.15, 0.2) is 54.1 Å². The lowest BCUT2D eigenvalue weighted by atomic mass is 9.95. The van der Waals surface area contributed by atoms with Crippen LogP contribution in [0.4, 0.5) is 0 Å². The molecule has 2 saturated heterocycles. The highest BCUT2D eigenvalue weighted by Gasteiger charge is 2.47. The zero-order chi connectivity index (χ0) is 21.3. The molecule has 1 amide bonds. The van der Waals surface area contributed by atoms with Gasteiger partial charge in [0, 0.05) is 23.7 Å². The monoisotopic (exact) mass is 427 g/mol. The fourth-order valence-corrected chi connectivity index (χ4v) is 4.24. The van der Waals surface area contributed by atoms with Crippen LogP contribution in [-0.4, -0.2) is 48.1 Å². The van der Waals surface area contributed by atoms with Gasteiger partial charge in [-0.1, -0.05) is 29.8 Å². The number of rotatable bonds is 5. The van der Waals surface area contributed by atoms with Crippen molar-refractivity contribution in [2.45, 2.75) is 25.0 Å². The molecule has 2 atom stereocenters. The topological polar surface area (TPSA) is 76.1 Å². The Kier molecular flexibility index (Phi) is 5.79. The van der Waals surface area contributed by atoms with Crippen LogP contribution in [0.1, 0.15) is 30.0 Å². The minimum absolute atomic E-state index is 0.0243. The number of hydrogen-bond donors (Lipinski definition) is 1. The highest BCUT2D eigenvalue weighted by Crippen LogP contribution is 2.42. The number of benzene rings is 2. The lowest BCUT2D eigenvalue weighted by Gasteiger charge is -2.28. The van der Waals surface area contributed by atoms with Gasteiger partial charge < -0.3 is 19.5 Å². The molecule has 0 aromatic heterocycles. The molecule has 156 valence electrons. The summed E-state index contributed by atoms with van der Waals surface area (Å²) < 4.78 is 10.8. The summed E-state index contributed by atoms with van der Waals surface area (Å²) in [7, 11) is 1.54. The minimum atomic E-state index is -0.787. The van der Waals surface area contributed by atoms with Crippen molar-refractivity contribution in [1.29, 1.82) is 0 Å². The Hall–Kier alpha value is -2.83. The van der Waals surface area contributed by atoms with E-state index >= 15 is 0 Å². The number of Topliss-reactive ketones (excluding diaryl/α,β-unsaturated/α-hetero) is 1. The van der Waals surface area contributed by atoms with Gasteiger partial charge in [-0.25, -0.2) is 0 Å². The van der Waals surface area contributed by atoms with Gasteiger partial charge >= 0.3 is 0 Å². The number of methoxy groups -OCH3 is 1. The van der Waals surface area contributed by atoms with Crippen molar-refractivity contribution in [3.8, 4) is 5.75 Å². The van der Waals surface area contributed by atoms with E-state index in [0.717, 1.165) is 12.8 Å². The summed E-state index contributed by atoms with van der Waals surface area (Å²) in [5.74, 6) is -1.01. The number of hydrogen-bond acceptors (Lipinski definition) is 5. The maximum atomic E-state index is 13.0. The molecule has 0 aliphatic carbocycles. The first-order valence-electron chi connectivity index (χ1n) is 9.80. The Morgan fingerprint density at radius 1 is 1.20 bits per heavy atom. The molecule has 2 aromatic carbocycles. The molecule has 0 saturated carbocycles. The number of halogens is 1. The van der Waals surface area contributed by atoms with Crippen LogP contribution in [-0.2, 0) is 14.3 Å². The van der Waals surface area contributed by atoms with Crippen LogP contribution in [0.2, 0.25) is 5.02 Å². The van der Waals surface area contributed by atoms with Gasteiger partial charge in [0.1, 0.15) is 11.5 Å². The molecule has 2 heterocycles. The normalized spacial score (nSPS) is 23.2. The molecule has 4 rings (SSSR count). The molecule has 2 aliphatic rings. The Labute approximate surface area is 179 Å². The molecular formula is C23H22ClNO5. The maximum absolute atomic E-state index is 13.0. The predicted molar refractivity (Wildman–Crippen MR) is 112 cm³/mol. The van der Waals surface area contributed by atoms with Crippen LogP contribution in [0.3, 0.4) is 0 Å². The standard InChI is InChI=1S/C23H22ClNO5/c1-29-15-10-8-14(9-11-15)21(26)19-20(17-6-2-3-7-18(17)24)25(23(28)22(19)27)13-16-5-4-12-30-16/h2-3,6-11,16,20,26H,4-5,12-13H2,1H3/t16-,20-/m0/s1. The molecule has 0 bridgehead atoms. The maximum Gasteiger partial charge on any atom is 0.295 e. The third kappa shape index (κ3) is 3.68. The molecule has 6 nitrogen and oxygen atoms in total. The van der Waals surface area contributed by atoms with Crippen LogP contribution < -0.4 is 4.74 Å². The minimum Gasteiger partial charge on any atom is -0.507 e. The summed E-state index contributed by atoms with van der Waals surface area (Å²) >= 11 is 6.44. The first-order chi connectivity index (χ1) is 14.5. The highest BCUT2D eigenvalue weighted by molar-refractivity contribution is 6.47. The fourth-order valence-electron chi connectivity index (χ4n) is 4.00. The molecule has 1 N–H and O–H groups in total. The summed E-state index contributed by atoms with van der Waals surface area (Å²) in [4.78, 5) is 27.4. The number of nitrogens with zero attached hydrogens (tertiary/aromatic N) is 1. The second kappa shape index (κ2) is 8.50. The number of ether oxygens (including phenoxy) is 2. The quantitative estimate of drug-likeness (QED) is 0.444. The lowest BCUT2D eigenvalue weighted by Crippen LogP contribution is -2.36. The van der Waals surface area contributed by atoms with E-state index in [4.69, 9.17) is 21.1 Å². The number of aliphatic hydroxyl groups is 1. The van der Waals surface area contributed by atoms with Crippen molar-refractivity contribution in [3.63, 3.8) is 0 Å². The van der Waals surface area contributed by atoms with Gasteiger partial charge in [0.05, 0.1) is 24.8 Å². The van der Waals surface area contributed by atoms with E-state index in [-0.39, 0.29) is 24.0 Å². The summed E-state index contributed by atoms with van der Waals surface area (Å²) in [6.07, 6.45) is 1.59. The van der Waals surface area contributed by atoms with Crippen LogP contribution >= 0.6 is 11.6 Å². The van der Waals surface area contributed by atoms with Gasteiger partial charge in [0.25, 0.3) is 11.7 Å². The average molecular weight is 428 g/mol. The van der Waals surface area contributed by atoms with Crippen LogP contribution in [0, 0.1) is 0 Å². The first kappa shape index (κ1) is 20.4. The van der Waals surface area contributed by atoms with Crippen molar-refractivity contribution in [2.75, 3.05) is 20.3 Å². The van der Waals surface area contributed by atoms with Gasteiger partial charge in [-0.3, -0.25) is 9.59 Å². The third-order valence-electron chi connectivity index (χ3n) is 5.53. The number of carbonyl (C=O) groups is 2. The van der Waals surface area contributed by atoms with Crippen molar-refractivity contribution in [3.05, 3.63) is 70.3 Å². The number of carbonyl (C=O) groups excluding carboxylic acids is 2. The van der Waals surface area contributed by atoms with Crippen molar-refractivity contribution in [2.24, 2.45) is 0 Å². The highest BCUT2D eigenvalue weighted by atomic mass is 35.5. The number of amides is 1. The Bertz CT molecular complexity index is 995. The Balaban J connectivity index is 1.82. The largest absolute Gasteiger partial charge is 0.507 e. The van der Waals surface area contributed by atoms with Gasteiger partial charge in [-0.15, -0.1) is 0 Å². The second-order valence-electron chi connectivity index (χ2n) is 7.34. The van der Waals surface area contributed by atoms with Crippen LogP contribution in [0.25, 0.3) is 5.76 Å². The van der Waals surface area contributed by atoms with Gasteiger partial charge in [-0.05, 0) is 48.7 Å². The van der Waals surface area contributed by atoms with Crippen molar-refractivity contribution < 1.29 is 24.2 Å². The molecule has 0 radical (unpaired) electrons. The number of aliphatic hydroxyl groups excluding tert-OH is 1. The molecular weight excluding hydrogens is 406 g/mol. The summed E-state index contributed by atoms with van der Waals surface area (Å²) in [5, 5.41) is 11.5. The molecule has 2 fully saturated rings. The molecule has 2 aliphatic heterocycles. The van der Waals surface area contributed by atoms with E-state index in [0.29, 0.717) is 28.5 Å². The first-order valence-corrected chi connectivity index (χ1v) is 10.2. The molecule has 0 spiro atoms. The predicted octanol–water partition coefficient (Wildman–Crippen LogP) is 3.95. The van der Waals surface area contributed by atoms with E-state index in [1.807, 2.05) is 0 Å². The van der Waals surface area contributed by atoms with E-state index in [1.165, 1.54) is 4.90 Å². The average Bonchev–Trinajstić information content (AvgIpc) is 3.36. The number of likely N-dealkylation sites (tertiary alicyclic amines) is 1. The van der Waals surface area contributed by atoms with E-state index < -0.39 is 17.7 Å². The van der Waals surface area contributed by atoms with E-state index in [1.54, 1.807) is 55.6 Å². The summed E-state index contributed by atoms with van der Waals surface area (Å²) in [5.41, 5.74) is 1.03. The van der Waals surface area contributed by atoms with E-state index in [9.17, 15) is 14.7 Å². The van der Waals surface area contributed by atoms with Crippen LogP contribution in [0.5, 0.6) is 5.75 Å². The van der Waals surface area contributed by atoms with Crippen molar-refractivity contribution >= 4 is 29.1 Å². The lowest BCUT2D eigenvalue weighted by molar-refractivity contribution is -0.140. The zero-order valence-corrected chi connectivity index (χ0v) is 17.3. The Morgan fingerprint density at radius 3 is 2.57 bits per heavy atom. The van der Waals surface area contributed by atoms with E-state index in [2.05, 4.69) is 0 Å². The molecule has 2 aromatic rings. The smallest absolute Gasteiger partial charge is 0.295 e. The molecule has 0 unspecified atom stereocenters. The fraction of sp³-hybridized carbons (Fsp3) is 0.304. The Morgan fingerprint density at radius 2 is 1.93 bits per heavy atom. The number of ketones is 1. The van der Waals surface area contributed by atoms with Gasteiger partial charge in [-0.2, -0.15) is 0 Å². The SMILES string of the molecule is COc1ccc(C(O)=C2C(=O)C(=O)N(C[C@@H]3CCCO3)[C@H]2c2ccccc2Cl)cc1. The van der Waals surface area contributed by atoms with Gasteiger partial charge in [0.15, 0.2) is 0 Å².